The predicted octanol–water partition coefficient (Wildman–Crippen LogP) is 7.72. The van der Waals surface area contributed by atoms with Gasteiger partial charge in [-0.25, -0.2) is 4.39 Å². The first-order valence-corrected chi connectivity index (χ1v) is 10.2. The van der Waals surface area contributed by atoms with Crippen LogP contribution in [0.1, 0.15) is 88.2 Å². The highest BCUT2D eigenvalue weighted by Crippen LogP contribution is 2.46. The van der Waals surface area contributed by atoms with Crippen molar-refractivity contribution < 1.29 is 17.6 Å². The molecule has 0 heterocycles. The molecule has 146 valence electrons. The van der Waals surface area contributed by atoms with Gasteiger partial charge in [0.1, 0.15) is 5.82 Å². The van der Waals surface area contributed by atoms with Crippen molar-refractivity contribution in [3.05, 3.63) is 35.1 Å². The number of rotatable bonds is 4. The van der Waals surface area contributed by atoms with Crippen molar-refractivity contribution in [1.82, 2.24) is 0 Å². The molecule has 0 atom stereocenters. The van der Waals surface area contributed by atoms with E-state index < -0.39 is 17.6 Å². The first-order valence-electron chi connectivity index (χ1n) is 10.2. The summed E-state index contributed by atoms with van der Waals surface area (Å²) >= 11 is 0. The van der Waals surface area contributed by atoms with E-state index in [1.54, 1.807) is 0 Å². The van der Waals surface area contributed by atoms with E-state index in [0.29, 0.717) is 17.5 Å². The van der Waals surface area contributed by atoms with Crippen molar-refractivity contribution in [2.24, 2.45) is 17.8 Å². The van der Waals surface area contributed by atoms with Gasteiger partial charge in [-0.1, -0.05) is 38.7 Å². The normalized spacial score (nSPS) is 30.3. The smallest absolute Gasteiger partial charge is 0.207 e. The van der Waals surface area contributed by atoms with E-state index in [1.165, 1.54) is 50.7 Å². The van der Waals surface area contributed by atoms with Crippen molar-refractivity contribution in [2.45, 2.75) is 83.2 Å². The van der Waals surface area contributed by atoms with Gasteiger partial charge in [0.15, 0.2) is 0 Å². The highest BCUT2D eigenvalue weighted by molar-refractivity contribution is 5.33. The van der Waals surface area contributed by atoms with Crippen LogP contribution in [0.25, 0.3) is 0 Å². The quantitative estimate of drug-likeness (QED) is 0.476. The molecule has 2 saturated carbocycles. The molecule has 4 heteroatoms. The highest BCUT2D eigenvalue weighted by Gasteiger charge is 2.37. The van der Waals surface area contributed by atoms with Gasteiger partial charge in [-0.05, 0) is 79.9 Å². The second-order valence-corrected chi connectivity index (χ2v) is 8.41. The molecule has 0 N–H and O–H groups in total. The van der Waals surface area contributed by atoms with Crippen LogP contribution >= 0.6 is 0 Å². The standard InChI is InChI=1S/C22H30F4/c1-2-3-15-4-6-16(7-5-15)17-8-10-18(11-9-17)20-13-12-19(23)14-21(20)22(24,25)26/h12-18H,2-11H2,1H3. The Morgan fingerprint density at radius 3 is 2.00 bits per heavy atom. The van der Waals surface area contributed by atoms with Gasteiger partial charge >= 0.3 is 6.18 Å². The number of alkyl halides is 3. The van der Waals surface area contributed by atoms with Gasteiger partial charge in [-0.15, -0.1) is 0 Å². The van der Waals surface area contributed by atoms with E-state index in [-0.39, 0.29) is 5.92 Å². The highest BCUT2D eigenvalue weighted by atomic mass is 19.4. The van der Waals surface area contributed by atoms with E-state index in [2.05, 4.69) is 6.92 Å². The molecule has 1 aromatic rings. The largest absolute Gasteiger partial charge is 0.416 e. The molecule has 2 aliphatic carbocycles. The summed E-state index contributed by atoms with van der Waals surface area (Å²) in [5, 5.41) is 0. The minimum Gasteiger partial charge on any atom is -0.207 e. The summed E-state index contributed by atoms with van der Waals surface area (Å²) in [4.78, 5) is 0. The SMILES string of the molecule is CCCC1CCC(C2CCC(c3ccc(F)cc3C(F)(F)F)CC2)CC1. The molecule has 0 amide bonds. The molecule has 2 fully saturated rings. The van der Waals surface area contributed by atoms with Crippen molar-refractivity contribution >= 4 is 0 Å². The summed E-state index contributed by atoms with van der Waals surface area (Å²) in [6.07, 6.45) is 7.00. The monoisotopic (exact) mass is 370 g/mol. The molecule has 2 aliphatic rings. The van der Waals surface area contributed by atoms with Gasteiger partial charge in [-0.2, -0.15) is 13.2 Å². The summed E-state index contributed by atoms with van der Waals surface area (Å²) in [7, 11) is 0. The first kappa shape index (κ1) is 19.7. The van der Waals surface area contributed by atoms with Crippen LogP contribution in [0.4, 0.5) is 17.6 Å². The Labute approximate surface area is 154 Å². The second kappa shape index (κ2) is 8.31. The summed E-state index contributed by atoms with van der Waals surface area (Å²) in [6.45, 7) is 2.25. The Balaban J connectivity index is 1.60. The number of benzene rings is 1. The fourth-order valence-electron chi connectivity index (χ4n) is 5.39. The lowest BCUT2D eigenvalue weighted by Gasteiger charge is -2.38. The van der Waals surface area contributed by atoms with Crippen LogP contribution in [-0.2, 0) is 6.18 Å². The second-order valence-electron chi connectivity index (χ2n) is 8.41. The van der Waals surface area contributed by atoms with Crippen LogP contribution in [0.5, 0.6) is 0 Å². The number of halogens is 4. The molecular weight excluding hydrogens is 340 g/mol. The van der Waals surface area contributed by atoms with Crippen LogP contribution in [0.3, 0.4) is 0 Å². The molecule has 0 nitrogen and oxygen atoms in total. The Kier molecular flexibility index (Phi) is 6.29. The van der Waals surface area contributed by atoms with Crippen LogP contribution in [-0.4, -0.2) is 0 Å². The third-order valence-corrected chi connectivity index (χ3v) is 6.79. The summed E-state index contributed by atoms with van der Waals surface area (Å²) in [5.74, 6) is 1.43. The Hall–Kier alpha value is -1.06. The summed E-state index contributed by atoms with van der Waals surface area (Å²) in [6, 6.07) is 3.20. The van der Waals surface area contributed by atoms with Gasteiger partial charge in [-0.3, -0.25) is 0 Å². The fraction of sp³-hybridized carbons (Fsp3) is 0.727. The van der Waals surface area contributed by atoms with Gasteiger partial charge in [0, 0.05) is 0 Å². The summed E-state index contributed by atoms with van der Waals surface area (Å²) in [5.41, 5.74) is -0.481. The van der Waals surface area contributed by atoms with Gasteiger partial charge in [0.25, 0.3) is 0 Å². The average molecular weight is 370 g/mol. The molecular formula is C22H30F4. The van der Waals surface area contributed by atoms with Gasteiger partial charge in [0.2, 0.25) is 0 Å². The Morgan fingerprint density at radius 2 is 1.46 bits per heavy atom. The minimum absolute atomic E-state index is 0.0834. The maximum Gasteiger partial charge on any atom is 0.416 e. The van der Waals surface area contributed by atoms with Crippen LogP contribution in [0.15, 0.2) is 18.2 Å². The van der Waals surface area contributed by atoms with Crippen molar-refractivity contribution in [1.29, 1.82) is 0 Å². The maximum atomic E-state index is 13.3. The fourth-order valence-corrected chi connectivity index (χ4v) is 5.39. The van der Waals surface area contributed by atoms with E-state index in [1.807, 2.05) is 0 Å². The molecule has 0 aromatic heterocycles. The zero-order chi connectivity index (χ0) is 18.7. The molecule has 26 heavy (non-hydrogen) atoms. The lowest BCUT2D eigenvalue weighted by Crippen LogP contribution is -2.26. The molecule has 0 bridgehead atoms. The Morgan fingerprint density at radius 1 is 0.885 bits per heavy atom. The van der Waals surface area contributed by atoms with Crippen molar-refractivity contribution in [3.63, 3.8) is 0 Å². The molecule has 0 unspecified atom stereocenters. The van der Waals surface area contributed by atoms with Crippen LogP contribution in [0.2, 0.25) is 0 Å². The molecule has 0 spiro atoms. The number of hydrogen-bond donors (Lipinski definition) is 0. The van der Waals surface area contributed by atoms with Crippen molar-refractivity contribution in [3.8, 4) is 0 Å². The molecule has 1 aromatic carbocycles. The molecule has 3 rings (SSSR count). The molecule has 0 radical (unpaired) electrons. The zero-order valence-corrected chi connectivity index (χ0v) is 15.6. The van der Waals surface area contributed by atoms with Gasteiger partial charge < -0.3 is 0 Å². The lowest BCUT2D eigenvalue weighted by atomic mass is 9.67. The lowest BCUT2D eigenvalue weighted by molar-refractivity contribution is -0.138. The maximum absolute atomic E-state index is 13.3. The third kappa shape index (κ3) is 4.61. The van der Waals surface area contributed by atoms with Crippen molar-refractivity contribution in [2.75, 3.05) is 0 Å². The van der Waals surface area contributed by atoms with E-state index in [9.17, 15) is 17.6 Å². The topological polar surface area (TPSA) is 0 Å². The van der Waals surface area contributed by atoms with Crippen LogP contribution in [0, 0.1) is 23.6 Å². The van der Waals surface area contributed by atoms with Gasteiger partial charge in [0.05, 0.1) is 5.56 Å². The van der Waals surface area contributed by atoms with Crippen LogP contribution < -0.4 is 0 Å². The molecule has 0 aliphatic heterocycles. The van der Waals surface area contributed by atoms with E-state index >= 15 is 0 Å². The average Bonchev–Trinajstić information content (AvgIpc) is 2.62. The number of hydrogen-bond acceptors (Lipinski definition) is 0. The van der Waals surface area contributed by atoms with E-state index in [4.69, 9.17) is 0 Å². The molecule has 0 saturated heterocycles. The minimum atomic E-state index is -4.48. The predicted molar refractivity (Wildman–Crippen MR) is 96.5 cm³/mol. The Bertz CT molecular complexity index is 576. The first-order chi connectivity index (χ1) is 12.4. The third-order valence-electron chi connectivity index (χ3n) is 6.79. The summed E-state index contributed by atoms with van der Waals surface area (Å²) < 4.78 is 53.2. The zero-order valence-electron chi connectivity index (χ0n) is 15.6. The van der Waals surface area contributed by atoms with E-state index in [0.717, 1.165) is 37.5 Å².